The van der Waals surface area contributed by atoms with Crippen LogP contribution in [0.15, 0.2) is 24.3 Å². The Morgan fingerprint density at radius 2 is 1.77 bits per heavy atom. The van der Waals surface area contributed by atoms with E-state index in [1.807, 2.05) is 9.80 Å². The first-order valence-corrected chi connectivity index (χ1v) is 10.8. The van der Waals surface area contributed by atoms with Gasteiger partial charge in [-0.25, -0.2) is 0 Å². The van der Waals surface area contributed by atoms with Gasteiger partial charge in [-0.2, -0.15) is 13.2 Å². The summed E-state index contributed by atoms with van der Waals surface area (Å²) in [5, 5.41) is 2.38. The van der Waals surface area contributed by atoms with Gasteiger partial charge in [0.15, 0.2) is 0 Å². The van der Waals surface area contributed by atoms with Crippen molar-refractivity contribution in [3.05, 3.63) is 29.8 Å². The molecule has 1 aromatic rings. The van der Waals surface area contributed by atoms with Crippen LogP contribution in [0.4, 0.5) is 18.9 Å². The smallest absolute Gasteiger partial charge is 0.340 e. The largest absolute Gasteiger partial charge is 0.418 e. The Morgan fingerprint density at radius 1 is 1.03 bits per heavy atom. The molecule has 3 atom stereocenters. The molecule has 1 heterocycles. The summed E-state index contributed by atoms with van der Waals surface area (Å²) in [6.45, 7) is 2.24. The number of anilines is 1. The summed E-state index contributed by atoms with van der Waals surface area (Å²) in [6, 6.07) is 4.97. The van der Waals surface area contributed by atoms with Crippen LogP contribution in [0, 0.1) is 17.8 Å². The molecule has 0 spiro atoms. The molecular formula is C22H28F3N3O2. The molecule has 3 aliphatic rings. The van der Waals surface area contributed by atoms with Crippen molar-refractivity contribution in [1.29, 1.82) is 0 Å². The van der Waals surface area contributed by atoms with E-state index >= 15 is 0 Å². The lowest BCUT2D eigenvalue weighted by Crippen LogP contribution is -2.50. The maximum atomic E-state index is 13.1. The summed E-state index contributed by atoms with van der Waals surface area (Å²) in [7, 11) is 0. The zero-order valence-corrected chi connectivity index (χ0v) is 17.0. The third-order valence-electron chi connectivity index (χ3n) is 6.92. The van der Waals surface area contributed by atoms with E-state index in [0.29, 0.717) is 38.5 Å². The molecule has 1 saturated heterocycles. The molecule has 1 aromatic carbocycles. The fourth-order valence-corrected chi connectivity index (χ4v) is 5.37. The van der Waals surface area contributed by atoms with Crippen molar-refractivity contribution in [1.82, 2.24) is 9.80 Å². The quantitative estimate of drug-likeness (QED) is 0.787. The van der Waals surface area contributed by atoms with E-state index < -0.39 is 17.6 Å². The predicted molar refractivity (Wildman–Crippen MR) is 107 cm³/mol. The van der Waals surface area contributed by atoms with Crippen molar-refractivity contribution in [3.63, 3.8) is 0 Å². The number of hydrogen-bond acceptors (Lipinski definition) is 3. The van der Waals surface area contributed by atoms with Crippen LogP contribution in [0.3, 0.4) is 0 Å². The average molecular weight is 423 g/mol. The summed E-state index contributed by atoms with van der Waals surface area (Å²) in [4.78, 5) is 28.7. The second-order valence-electron chi connectivity index (χ2n) is 8.89. The van der Waals surface area contributed by atoms with Crippen molar-refractivity contribution in [2.75, 3.05) is 38.0 Å². The Balaban J connectivity index is 1.23. The second kappa shape index (κ2) is 8.57. The van der Waals surface area contributed by atoms with Gasteiger partial charge in [-0.05, 0) is 49.1 Å². The van der Waals surface area contributed by atoms with Crippen LogP contribution in [0.2, 0.25) is 0 Å². The van der Waals surface area contributed by atoms with Crippen LogP contribution in [-0.2, 0) is 15.8 Å². The Labute approximate surface area is 174 Å². The van der Waals surface area contributed by atoms with Crippen molar-refractivity contribution in [3.8, 4) is 0 Å². The molecule has 1 aliphatic heterocycles. The van der Waals surface area contributed by atoms with Crippen LogP contribution in [0.5, 0.6) is 0 Å². The van der Waals surface area contributed by atoms with E-state index in [1.54, 1.807) is 0 Å². The van der Waals surface area contributed by atoms with E-state index in [1.165, 1.54) is 43.9 Å². The van der Waals surface area contributed by atoms with Crippen molar-refractivity contribution in [2.24, 2.45) is 17.8 Å². The highest BCUT2D eigenvalue weighted by Crippen LogP contribution is 2.49. The minimum absolute atomic E-state index is 0.0145. The molecule has 2 amide bonds. The highest BCUT2D eigenvalue weighted by molar-refractivity contribution is 5.93. The Hall–Kier alpha value is -2.09. The van der Waals surface area contributed by atoms with E-state index in [0.717, 1.165) is 17.9 Å². The zero-order chi connectivity index (χ0) is 21.3. The van der Waals surface area contributed by atoms with Gasteiger partial charge in [-0.15, -0.1) is 0 Å². The zero-order valence-electron chi connectivity index (χ0n) is 17.0. The van der Waals surface area contributed by atoms with E-state index in [9.17, 15) is 22.8 Å². The van der Waals surface area contributed by atoms with Gasteiger partial charge in [-0.3, -0.25) is 14.5 Å². The van der Waals surface area contributed by atoms with Gasteiger partial charge in [0.05, 0.1) is 17.8 Å². The SMILES string of the molecule is O=C(CN1CCN(C(=O)C[C@@H]2C[C@@H]3CC[C@@H]2C3)CC1)Nc1ccccc1C(F)(F)F. The number of carbonyl (C=O) groups excluding carboxylic acids is 2. The number of fused-ring (bicyclic) bond motifs is 2. The van der Waals surface area contributed by atoms with Gasteiger partial charge in [0.1, 0.15) is 0 Å². The number of nitrogens with zero attached hydrogens (tertiary/aromatic N) is 2. The number of benzene rings is 1. The molecule has 5 nitrogen and oxygen atoms in total. The molecule has 2 saturated carbocycles. The third kappa shape index (κ3) is 4.79. The van der Waals surface area contributed by atoms with Gasteiger partial charge in [0, 0.05) is 32.6 Å². The lowest BCUT2D eigenvalue weighted by Gasteiger charge is -2.35. The molecule has 0 radical (unpaired) electrons. The van der Waals surface area contributed by atoms with Crippen LogP contribution in [-0.4, -0.2) is 54.3 Å². The maximum absolute atomic E-state index is 13.1. The maximum Gasteiger partial charge on any atom is 0.418 e. The molecule has 0 aromatic heterocycles. The molecule has 2 aliphatic carbocycles. The first-order chi connectivity index (χ1) is 14.3. The minimum atomic E-state index is -4.52. The van der Waals surface area contributed by atoms with Crippen LogP contribution in [0.25, 0.3) is 0 Å². The standard InChI is InChI=1S/C22H28F3N3O2/c23-22(24,25)18-3-1-2-4-19(18)26-20(29)14-27-7-9-28(10-8-27)21(30)13-17-12-15-5-6-16(17)11-15/h1-4,15-17H,5-14H2,(H,26,29)/t15-,16-,17+/m1/s1. The molecule has 30 heavy (non-hydrogen) atoms. The Kier molecular flexibility index (Phi) is 6.04. The summed E-state index contributed by atoms with van der Waals surface area (Å²) in [6.07, 6.45) is 1.19. The highest BCUT2D eigenvalue weighted by atomic mass is 19.4. The topological polar surface area (TPSA) is 52.7 Å². The van der Waals surface area contributed by atoms with E-state index in [-0.39, 0.29) is 18.1 Å². The highest BCUT2D eigenvalue weighted by Gasteiger charge is 2.41. The van der Waals surface area contributed by atoms with E-state index in [2.05, 4.69) is 5.32 Å². The number of nitrogens with one attached hydrogen (secondary N) is 1. The molecule has 8 heteroatoms. The number of rotatable bonds is 5. The number of para-hydroxylation sites is 1. The molecule has 164 valence electrons. The predicted octanol–water partition coefficient (Wildman–Crippen LogP) is 3.61. The van der Waals surface area contributed by atoms with Crippen molar-refractivity contribution in [2.45, 2.75) is 38.3 Å². The summed E-state index contributed by atoms with van der Waals surface area (Å²) < 4.78 is 39.2. The average Bonchev–Trinajstić information content (AvgIpc) is 3.31. The number of amides is 2. The van der Waals surface area contributed by atoms with Crippen molar-refractivity contribution < 1.29 is 22.8 Å². The molecule has 0 unspecified atom stereocenters. The van der Waals surface area contributed by atoms with E-state index in [4.69, 9.17) is 0 Å². The Bertz CT molecular complexity index is 790. The van der Waals surface area contributed by atoms with Crippen LogP contribution in [0.1, 0.15) is 37.7 Å². The number of piperazine rings is 1. The minimum Gasteiger partial charge on any atom is -0.340 e. The fourth-order valence-electron chi connectivity index (χ4n) is 5.37. The molecular weight excluding hydrogens is 395 g/mol. The van der Waals surface area contributed by atoms with Crippen LogP contribution < -0.4 is 5.32 Å². The van der Waals surface area contributed by atoms with Crippen molar-refractivity contribution >= 4 is 17.5 Å². The first kappa shape index (κ1) is 21.2. The van der Waals surface area contributed by atoms with Gasteiger partial charge in [-0.1, -0.05) is 18.6 Å². The number of hydrogen-bond donors (Lipinski definition) is 1. The summed E-state index contributed by atoms with van der Waals surface area (Å²) in [5.74, 6) is 1.81. The summed E-state index contributed by atoms with van der Waals surface area (Å²) >= 11 is 0. The van der Waals surface area contributed by atoms with Gasteiger partial charge in [0.2, 0.25) is 11.8 Å². The lowest BCUT2D eigenvalue weighted by molar-refractivity contribution is -0.137. The normalized spacial score (nSPS) is 26.8. The number of halogens is 3. The number of carbonyl (C=O) groups is 2. The molecule has 2 bridgehead atoms. The third-order valence-corrected chi connectivity index (χ3v) is 6.92. The Morgan fingerprint density at radius 3 is 2.40 bits per heavy atom. The first-order valence-electron chi connectivity index (χ1n) is 10.8. The molecule has 1 N–H and O–H groups in total. The molecule has 3 fully saturated rings. The van der Waals surface area contributed by atoms with Gasteiger partial charge < -0.3 is 10.2 Å². The fraction of sp³-hybridized carbons (Fsp3) is 0.636. The lowest BCUT2D eigenvalue weighted by atomic mass is 9.86. The van der Waals surface area contributed by atoms with Gasteiger partial charge in [0.25, 0.3) is 0 Å². The summed E-state index contributed by atoms with van der Waals surface area (Å²) in [5.41, 5.74) is -1.08. The second-order valence-corrected chi connectivity index (χ2v) is 8.89. The van der Waals surface area contributed by atoms with Gasteiger partial charge >= 0.3 is 6.18 Å². The monoisotopic (exact) mass is 423 g/mol. The van der Waals surface area contributed by atoms with Crippen LogP contribution >= 0.6 is 0 Å². The number of alkyl halides is 3. The molecule has 4 rings (SSSR count).